The number of ether oxygens (including phenoxy) is 1. The zero-order chi connectivity index (χ0) is 11.7. The fraction of sp³-hybridized carbons (Fsp3) is 0.231. The van der Waals surface area contributed by atoms with Gasteiger partial charge in [-0.3, -0.25) is 0 Å². The van der Waals surface area contributed by atoms with Crippen LogP contribution in [-0.2, 0) is 4.74 Å². The predicted octanol–water partition coefficient (Wildman–Crippen LogP) is 3.38. The summed E-state index contributed by atoms with van der Waals surface area (Å²) in [4.78, 5) is 0. The molecule has 1 aromatic carbocycles. The maximum Gasteiger partial charge on any atom is 0.130 e. The third-order valence-corrected chi connectivity index (χ3v) is 3.85. The molecule has 0 radical (unpaired) electrons. The van der Waals surface area contributed by atoms with Gasteiger partial charge in [0.1, 0.15) is 11.3 Å². The van der Waals surface area contributed by atoms with E-state index in [1.54, 1.807) is 12.1 Å². The number of hydrogen-bond donors (Lipinski definition) is 0. The molecule has 4 heteroatoms. The Bertz CT molecular complexity index is 502. The summed E-state index contributed by atoms with van der Waals surface area (Å²) in [6.45, 7) is 0.817. The summed E-state index contributed by atoms with van der Waals surface area (Å²) >= 11 is 1.81. The van der Waals surface area contributed by atoms with Gasteiger partial charge in [0.25, 0.3) is 0 Å². The van der Waals surface area contributed by atoms with Crippen LogP contribution in [0, 0.1) is 5.82 Å². The van der Waals surface area contributed by atoms with Crippen LogP contribution in [0.15, 0.2) is 42.7 Å². The number of benzene rings is 1. The van der Waals surface area contributed by atoms with Crippen LogP contribution in [0.2, 0.25) is 0 Å². The van der Waals surface area contributed by atoms with Gasteiger partial charge in [-0.1, -0.05) is 0 Å². The van der Waals surface area contributed by atoms with E-state index in [-0.39, 0.29) is 11.3 Å². The Morgan fingerprint density at radius 3 is 2.76 bits per heavy atom. The van der Waals surface area contributed by atoms with Gasteiger partial charge in [-0.2, -0.15) is 0 Å². The minimum absolute atomic E-state index is 0.150. The van der Waals surface area contributed by atoms with Gasteiger partial charge in [-0.25, -0.2) is 4.39 Å². The molecule has 1 aliphatic heterocycles. The lowest BCUT2D eigenvalue weighted by molar-refractivity contribution is 0.145. The Labute approximate surface area is 103 Å². The molecule has 17 heavy (non-hydrogen) atoms. The highest BCUT2D eigenvalue weighted by molar-refractivity contribution is 7.99. The number of halogens is 1. The van der Waals surface area contributed by atoms with E-state index >= 15 is 0 Å². The summed E-state index contributed by atoms with van der Waals surface area (Å²) in [7, 11) is 0. The molecule has 0 aliphatic carbocycles. The summed E-state index contributed by atoms with van der Waals surface area (Å²) in [5.41, 5.74) is 2.27. The predicted molar refractivity (Wildman–Crippen MR) is 66.9 cm³/mol. The zero-order valence-corrected chi connectivity index (χ0v) is 9.99. The molecule has 1 fully saturated rings. The Hall–Kier alpha value is -1.26. The first-order valence-corrected chi connectivity index (χ1v) is 6.55. The summed E-state index contributed by atoms with van der Waals surface area (Å²) in [6.07, 6.45) is 4.01. The number of aromatic nitrogens is 1. The largest absolute Gasteiger partial charge is 0.362 e. The van der Waals surface area contributed by atoms with Crippen molar-refractivity contribution in [2.75, 3.05) is 12.4 Å². The van der Waals surface area contributed by atoms with Crippen molar-refractivity contribution in [3.8, 4) is 5.69 Å². The van der Waals surface area contributed by atoms with Crippen molar-refractivity contribution in [3.63, 3.8) is 0 Å². The molecule has 3 rings (SSSR count). The zero-order valence-electron chi connectivity index (χ0n) is 9.17. The maximum absolute atomic E-state index is 12.8. The fourth-order valence-electron chi connectivity index (χ4n) is 1.88. The van der Waals surface area contributed by atoms with Crippen molar-refractivity contribution < 1.29 is 9.13 Å². The second-order valence-electron chi connectivity index (χ2n) is 3.90. The van der Waals surface area contributed by atoms with Gasteiger partial charge in [-0.15, -0.1) is 11.8 Å². The van der Waals surface area contributed by atoms with Crippen LogP contribution in [0.4, 0.5) is 4.39 Å². The second kappa shape index (κ2) is 4.55. The van der Waals surface area contributed by atoms with E-state index in [4.69, 9.17) is 4.74 Å². The van der Waals surface area contributed by atoms with Crippen LogP contribution in [-0.4, -0.2) is 16.9 Å². The van der Waals surface area contributed by atoms with E-state index in [1.165, 1.54) is 12.1 Å². The first-order chi connectivity index (χ1) is 8.33. The molecule has 0 spiro atoms. The molecule has 1 aromatic heterocycles. The summed E-state index contributed by atoms with van der Waals surface area (Å²) < 4.78 is 20.4. The molecule has 1 unspecified atom stereocenters. The van der Waals surface area contributed by atoms with Crippen molar-refractivity contribution in [1.82, 2.24) is 4.57 Å². The third-order valence-electron chi connectivity index (χ3n) is 2.73. The monoisotopic (exact) mass is 249 g/mol. The molecule has 2 heterocycles. The molecule has 0 amide bonds. The summed E-state index contributed by atoms with van der Waals surface area (Å²) in [5.74, 6) is 0.836. The molecule has 1 atom stereocenters. The Balaban J connectivity index is 1.86. The summed E-state index contributed by atoms with van der Waals surface area (Å²) in [6, 6.07) is 8.52. The number of nitrogens with zero attached hydrogens (tertiary/aromatic N) is 1. The SMILES string of the molecule is Fc1ccc(-n2ccc(C3OCCS3)c2)cc1. The van der Waals surface area contributed by atoms with Gasteiger partial charge in [0.2, 0.25) is 0 Å². The topological polar surface area (TPSA) is 14.2 Å². The van der Waals surface area contributed by atoms with Crippen LogP contribution in [0.25, 0.3) is 5.69 Å². The lowest BCUT2D eigenvalue weighted by Gasteiger charge is -2.05. The highest BCUT2D eigenvalue weighted by atomic mass is 32.2. The molecule has 1 aliphatic rings. The average molecular weight is 249 g/mol. The fourth-order valence-corrected chi connectivity index (χ4v) is 2.81. The van der Waals surface area contributed by atoms with Crippen LogP contribution in [0.1, 0.15) is 11.0 Å². The second-order valence-corrected chi connectivity index (χ2v) is 5.07. The van der Waals surface area contributed by atoms with E-state index in [0.29, 0.717) is 0 Å². The third kappa shape index (κ3) is 2.23. The molecular formula is C13H12FNOS. The van der Waals surface area contributed by atoms with Gasteiger partial charge in [0, 0.05) is 29.4 Å². The highest BCUT2D eigenvalue weighted by Gasteiger charge is 2.19. The number of hydrogen-bond acceptors (Lipinski definition) is 2. The highest BCUT2D eigenvalue weighted by Crippen LogP contribution is 2.35. The normalized spacial score (nSPS) is 19.7. The number of thioether (sulfide) groups is 1. The van der Waals surface area contributed by atoms with Crippen molar-refractivity contribution in [3.05, 3.63) is 54.1 Å². The summed E-state index contributed by atoms with van der Waals surface area (Å²) in [5, 5.41) is 0. The first-order valence-electron chi connectivity index (χ1n) is 5.50. The van der Waals surface area contributed by atoms with Crippen LogP contribution >= 0.6 is 11.8 Å². The van der Waals surface area contributed by atoms with Crippen molar-refractivity contribution in [2.24, 2.45) is 0 Å². The Morgan fingerprint density at radius 1 is 1.24 bits per heavy atom. The molecule has 1 saturated heterocycles. The Kier molecular flexibility index (Phi) is 2.91. The molecule has 0 N–H and O–H groups in total. The van der Waals surface area contributed by atoms with E-state index in [2.05, 4.69) is 0 Å². The quantitative estimate of drug-likeness (QED) is 0.810. The van der Waals surface area contributed by atoms with Gasteiger partial charge in [0.15, 0.2) is 0 Å². The molecule has 88 valence electrons. The lowest BCUT2D eigenvalue weighted by Crippen LogP contribution is -1.92. The average Bonchev–Trinajstić information content (AvgIpc) is 3.00. The first kappa shape index (κ1) is 10.9. The van der Waals surface area contributed by atoms with Crippen molar-refractivity contribution in [1.29, 1.82) is 0 Å². The van der Waals surface area contributed by atoms with E-state index in [1.807, 2.05) is 34.8 Å². The van der Waals surface area contributed by atoms with Crippen LogP contribution in [0.5, 0.6) is 0 Å². The Morgan fingerprint density at radius 2 is 2.06 bits per heavy atom. The molecule has 0 saturated carbocycles. The van der Waals surface area contributed by atoms with Gasteiger partial charge in [0.05, 0.1) is 6.61 Å². The lowest BCUT2D eigenvalue weighted by atomic mass is 10.3. The number of rotatable bonds is 2. The van der Waals surface area contributed by atoms with Gasteiger partial charge < -0.3 is 9.30 Å². The van der Waals surface area contributed by atoms with Crippen LogP contribution in [0.3, 0.4) is 0 Å². The maximum atomic E-state index is 12.8. The van der Waals surface area contributed by atoms with E-state index < -0.39 is 0 Å². The minimum atomic E-state index is -0.212. The van der Waals surface area contributed by atoms with Crippen molar-refractivity contribution >= 4 is 11.8 Å². The van der Waals surface area contributed by atoms with Gasteiger partial charge >= 0.3 is 0 Å². The minimum Gasteiger partial charge on any atom is -0.362 e. The molecule has 0 bridgehead atoms. The molecule has 2 nitrogen and oxygen atoms in total. The van der Waals surface area contributed by atoms with E-state index in [9.17, 15) is 4.39 Å². The van der Waals surface area contributed by atoms with Gasteiger partial charge in [-0.05, 0) is 30.3 Å². The standard InChI is InChI=1S/C13H12FNOS/c14-11-1-3-12(4-2-11)15-6-5-10(9-15)13-16-7-8-17-13/h1-6,9,13H,7-8H2. The molecular weight excluding hydrogens is 237 g/mol. The van der Waals surface area contributed by atoms with E-state index in [0.717, 1.165) is 23.6 Å². The van der Waals surface area contributed by atoms with Crippen LogP contribution < -0.4 is 0 Å². The van der Waals surface area contributed by atoms with Crippen molar-refractivity contribution in [2.45, 2.75) is 5.44 Å². The molecule has 2 aromatic rings. The smallest absolute Gasteiger partial charge is 0.130 e.